The van der Waals surface area contributed by atoms with E-state index in [4.69, 9.17) is 0 Å². The first-order valence-electron chi connectivity index (χ1n) is 8.40. The van der Waals surface area contributed by atoms with Crippen molar-refractivity contribution >= 4 is 27.4 Å². The normalized spacial score (nSPS) is 17.1. The van der Waals surface area contributed by atoms with E-state index in [0.29, 0.717) is 13.1 Å². The summed E-state index contributed by atoms with van der Waals surface area (Å²) >= 11 is 1.52. The van der Waals surface area contributed by atoms with Crippen molar-refractivity contribution in [3.8, 4) is 0 Å². The molecule has 1 fully saturated rings. The van der Waals surface area contributed by atoms with Crippen molar-refractivity contribution in [2.45, 2.75) is 24.8 Å². The van der Waals surface area contributed by atoms with Gasteiger partial charge in [0.15, 0.2) is 0 Å². The smallest absolute Gasteiger partial charge is 0.318 e. The van der Waals surface area contributed by atoms with E-state index in [1.807, 2.05) is 19.2 Å². The minimum atomic E-state index is -3.51. The highest BCUT2D eigenvalue weighted by molar-refractivity contribution is 7.89. The zero-order valence-electron chi connectivity index (χ0n) is 14.8. The third kappa shape index (κ3) is 4.05. The van der Waals surface area contributed by atoms with Crippen LogP contribution in [0, 0.1) is 6.92 Å². The Morgan fingerprint density at radius 1 is 1.19 bits per heavy atom. The second kappa shape index (κ2) is 7.73. The van der Waals surface area contributed by atoms with Crippen LogP contribution < -0.4 is 5.32 Å². The zero-order chi connectivity index (χ0) is 18.7. The molecule has 2 heterocycles. The molecule has 1 aromatic carbocycles. The number of nitrogens with one attached hydrogen (secondary N) is 1. The summed E-state index contributed by atoms with van der Waals surface area (Å²) in [7, 11) is -3.51. The highest BCUT2D eigenvalue weighted by Crippen LogP contribution is 2.19. The first-order chi connectivity index (χ1) is 12.4. The number of carbonyl (C=O) groups is 1. The molecular weight excluding hydrogens is 372 g/mol. The van der Waals surface area contributed by atoms with E-state index in [1.54, 1.807) is 35.2 Å². The number of thiazole rings is 1. The lowest BCUT2D eigenvalue weighted by Gasteiger charge is -2.34. The van der Waals surface area contributed by atoms with E-state index >= 15 is 0 Å². The van der Waals surface area contributed by atoms with Crippen LogP contribution in [0.1, 0.15) is 23.7 Å². The number of aryl methyl sites for hydroxylation is 1. The second-order valence-corrected chi connectivity index (χ2v) is 9.03. The lowest BCUT2D eigenvalue weighted by molar-refractivity contribution is 0.169. The van der Waals surface area contributed by atoms with Crippen molar-refractivity contribution in [1.82, 2.24) is 19.5 Å². The van der Waals surface area contributed by atoms with Crippen LogP contribution in [0.4, 0.5) is 4.79 Å². The minimum Gasteiger partial charge on any atom is -0.329 e. The van der Waals surface area contributed by atoms with Crippen LogP contribution in [0.15, 0.2) is 40.6 Å². The van der Waals surface area contributed by atoms with Crippen molar-refractivity contribution in [3.05, 3.63) is 46.4 Å². The number of piperazine rings is 1. The summed E-state index contributed by atoms with van der Waals surface area (Å²) in [5.74, 6) is 0. The summed E-state index contributed by atoms with van der Waals surface area (Å²) < 4.78 is 26.7. The Balaban J connectivity index is 1.57. The van der Waals surface area contributed by atoms with Gasteiger partial charge in [-0.2, -0.15) is 4.31 Å². The van der Waals surface area contributed by atoms with Gasteiger partial charge in [0.25, 0.3) is 0 Å². The predicted octanol–water partition coefficient (Wildman–Crippen LogP) is 2.23. The minimum absolute atomic E-state index is 0.174. The lowest BCUT2D eigenvalue weighted by Crippen LogP contribution is -2.53. The van der Waals surface area contributed by atoms with Gasteiger partial charge in [-0.1, -0.05) is 18.2 Å². The van der Waals surface area contributed by atoms with Gasteiger partial charge in [0.2, 0.25) is 10.0 Å². The standard InChI is InChI=1S/C17H22N4O3S2/c1-13-12-25-16(18-13)14(2)19-17(22)20-8-10-21(11-9-20)26(23,24)15-6-4-3-5-7-15/h3-7,12,14H,8-11H2,1-2H3,(H,19,22). The van der Waals surface area contributed by atoms with Crippen LogP contribution in [0.25, 0.3) is 0 Å². The summed E-state index contributed by atoms with van der Waals surface area (Å²) in [6, 6.07) is 8.01. The van der Waals surface area contributed by atoms with Gasteiger partial charge in [-0.25, -0.2) is 18.2 Å². The van der Waals surface area contributed by atoms with Gasteiger partial charge in [-0.3, -0.25) is 0 Å². The Morgan fingerprint density at radius 3 is 2.42 bits per heavy atom. The van der Waals surface area contributed by atoms with Crippen LogP contribution in [-0.4, -0.2) is 54.8 Å². The van der Waals surface area contributed by atoms with Gasteiger partial charge in [0.05, 0.1) is 10.9 Å². The highest BCUT2D eigenvalue weighted by atomic mass is 32.2. The van der Waals surface area contributed by atoms with E-state index in [1.165, 1.54) is 15.6 Å². The molecule has 2 amide bonds. The topological polar surface area (TPSA) is 82.6 Å². The number of amides is 2. The number of hydrogen-bond donors (Lipinski definition) is 1. The summed E-state index contributed by atoms with van der Waals surface area (Å²) in [6.45, 7) is 5.11. The number of aromatic nitrogens is 1. The molecule has 1 atom stereocenters. The Kier molecular flexibility index (Phi) is 5.59. The van der Waals surface area contributed by atoms with Crippen LogP contribution >= 0.6 is 11.3 Å². The monoisotopic (exact) mass is 394 g/mol. The van der Waals surface area contributed by atoms with Crippen LogP contribution in [0.3, 0.4) is 0 Å². The van der Waals surface area contributed by atoms with E-state index < -0.39 is 10.0 Å². The largest absolute Gasteiger partial charge is 0.329 e. The highest BCUT2D eigenvalue weighted by Gasteiger charge is 2.30. The molecule has 0 radical (unpaired) electrons. The number of rotatable bonds is 4. The Bertz CT molecular complexity index is 859. The van der Waals surface area contributed by atoms with Gasteiger partial charge in [0, 0.05) is 37.3 Å². The molecule has 0 aliphatic carbocycles. The van der Waals surface area contributed by atoms with Crippen LogP contribution in [-0.2, 0) is 10.0 Å². The quantitative estimate of drug-likeness (QED) is 0.862. The summed E-state index contributed by atoms with van der Waals surface area (Å²) in [4.78, 5) is 18.8. The molecule has 1 unspecified atom stereocenters. The molecule has 9 heteroatoms. The summed E-state index contributed by atoms with van der Waals surface area (Å²) in [5, 5.41) is 5.74. The summed E-state index contributed by atoms with van der Waals surface area (Å²) in [5.41, 5.74) is 0.936. The number of benzene rings is 1. The molecule has 26 heavy (non-hydrogen) atoms. The van der Waals surface area contributed by atoms with Crippen molar-refractivity contribution in [2.75, 3.05) is 26.2 Å². The Labute approximate surface area is 157 Å². The molecule has 1 aliphatic heterocycles. The van der Waals surface area contributed by atoms with Gasteiger partial charge < -0.3 is 10.2 Å². The van der Waals surface area contributed by atoms with Crippen LogP contribution in [0.2, 0.25) is 0 Å². The molecule has 0 spiro atoms. The Morgan fingerprint density at radius 2 is 1.85 bits per heavy atom. The first-order valence-corrected chi connectivity index (χ1v) is 10.7. The lowest BCUT2D eigenvalue weighted by atomic mass is 10.3. The fourth-order valence-electron chi connectivity index (χ4n) is 2.78. The molecule has 1 saturated heterocycles. The maximum Gasteiger partial charge on any atom is 0.318 e. The maximum atomic E-state index is 12.6. The molecule has 0 bridgehead atoms. The third-order valence-electron chi connectivity index (χ3n) is 4.25. The van der Waals surface area contributed by atoms with Crippen molar-refractivity contribution in [2.24, 2.45) is 0 Å². The van der Waals surface area contributed by atoms with E-state index in [9.17, 15) is 13.2 Å². The molecular formula is C17H22N4O3S2. The van der Waals surface area contributed by atoms with E-state index in [2.05, 4.69) is 10.3 Å². The Hall–Kier alpha value is -1.97. The average Bonchev–Trinajstić information content (AvgIpc) is 3.09. The second-order valence-electron chi connectivity index (χ2n) is 6.20. The molecule has 3 rings (SSSR count). The van der Waals surface area contributed by atoms with Gasteiger partial charge >= 0.3 is 6.03 Å². The fraction of sp³-hybridized carbons (Fsp3) is 0.412. The number of sulfonamides is 1. The number of hydrogen-bond acceptors (Lipinski definition) is 5. The summed E-state index contributed by atoms with van der Waals surface area (Å²) in [6.07, 6.45) is 0. The van der Waals surface area contributed by atoms with E-state index in [0.717, 1.165) is 10.7 Å². The third-order valence-corrected chi connectivity index (χ3v) is 7.31. The molecule has 0 saturated carbocycles. The predicted molar refractivity (Wildman–Crippen MR) is 101 cm³/mol. The van der Waals surface area contributed by atoms with Gasteiger partial charge in [0.1, 0.15) is 5.01 Å². The number of carbonyl (C=O) groups excluding carboxylic acids is 1. The van der Waals surface area contributed by atoms with Crippen molar-refractivity contribution in [1.29, 1.82) is 0 Å². The molecule has 7 nitrogen and oxygen atoms in total. The first kappa shape index (κ1) is 18.8. The van der Waals surface area contributed by atoms with Gasteiger partial charge in [-0.05, 0) is 26.0 Å². The molecule has 1 N–H and O–H groups in total. The van der Waals surface area contributed by atoms with Crippen molar-refractivity contribution < 1.29 is 13.2 Å². The van der Waals surface area contributed by atoms with Crippen molar-refractivity contribution in [3.63, 3.8) is 0 Å². The molecule has 1 aromatic heterocycles. The zero-order valence-corrected chi connectivity index (χ0v) is 16.4. The van der Waals surface area contributed by atoms with E-state index in [-0.39, 0.29) is 30.1 Å². The molecule has 140 valence electrons. The molecule has 1 aliphatic rings. The average molecular weight is 395 g/mol. The van der Waals surface area contributed by atoms with Gasteiger partial charge in [-0.15, -0.1) is 11.3 Å². The maximum absolute atomic E-state index is 12.6. The number of nitrogens with zero attached hydrogens (tertiary/aromatic N) is 3. The number of urea groups is 1. The fourth-order valence-corrected chi connectivity index (χ4v) is 5.03. The molecule has 2 aromatic rings. The SMILES string of the molecule is Cc1csc(C(C)NC(=O)N2CCN(S(=O)(=O)c3ccccc3)CC2)n1. The van der Waals surface area contributed by atoms with Crippen LogP contribution in [0.5, 0.6) is 0 Å².